The number of amides is 5. The van der Waals surface area contributed by atoms with Crippen molar-refractivity contribution < 1.29 is 32.7 Å². The first-order valence-electron chi connectivity index (χ1n) is 21.1. The number of aromatic nitrogens is 5. The summed E-state index contributed by atoms with van der Waals surface area (Å²) in [5.41, 5.74) is 6.90. The Morgan fingerprint density at radius 1 is 0.738 bits per heavy atom. The summed E-state index contributed by atoms with van der Waals surface area (Å²) >= 11 is 0. The number of halogens is 2. The van der Waals surface area contributed by atoms with Gasteiger partial charge in [0.05, 0.1) is 18.8 Å². The van der Waals surface area contributed by atoms with Crippen molar-refractivity contribution in [3.63, 3.8) is 0 Å². The van der Waals surface area contributed by atoms with Crippen molar-refractivity contribution in [1.29, 1.82) is 0 Å². The lowest BCUT2D eigenvalue weighted by Crippen LogP contribution is -2.50. The Bertz CT molecular complexity index is 2050. The Morgan fingerprint density at radius 3 is 1.95 bits per heavy atom. The number of nitrogens with zero attached hydrogens (tertiary/aromatic N) is 12. The van der Waals surface area contributed by atoms with E-state index in [1.165, 1.54) is 6.20 Å². The molecule has 0 atom stereocenters. The molecule has 5 aliphatic heterocycles. The number of alkyl halides is 2. The summed E-state index contributed by atoms with van der Waals surface area (Å²) in [7, 11) is 0. The molecule has 0 aliphatic carbocycles. The predicted octanol–water partition coefficient (Wildman–Crippen LogP) is 1.62. The molecular formula is C40H52F2N14O5. The summed E-state index contributed by atoms with van der Waals surface area (Å²) in [5.74, 6) is 0.532. The van der Waals surface area contributed by atoms with Crippen LogP contribution in [0.3, 0.4) is 0 Å². The van der Waals surface area contributed by atoms with E-state index < -0.39 is 12.1 Å². The van der Waals surface area contributed by atoms with Gasteiger partial charge >= 0.3 is 6.03 Å². The van der Waals surface area contributed by atoms with E-state index in [0.29, 0.717) is 96.4 Å². The first kappa shape index (κ1) is 41.9. The minimum absolute atomic E-state index is 0.00245. The molecule has 8 rings (SSSR count). The minimum atomic E-state index is -2.92. The molecule has 5 aliphatic rings. The number of piperidine rings is 1. The van der Waals surface area contributed by atoms with Gasteiger partial charge in [-0.25, -0.2) is 23.5 Å². The van der Waals surface area contributed by atoms with Crippen LogP contribution in [-0.4, -0.2) is 168 Å². The van der Waals surface area contributed by atoms with Gasteiger partial charge in [-0.3, -0.25) is 29.5 Å². The number of nitrogen functional groups attached to an aromatic ring is 1. The van der Waals surface area contributed by atoms with Crippen LogP contribution in [0, 0.1) is 5.92 Å². The van der Waals surface area contributed by atoms with Crippen LogP contribution >= 0.6 is 0 Å². The highest BCUT2D eigenvalue weighted by Crippen LogP contribution is 2.30. The van der Waals surface area contributed by atoms with Crippen LogP contribution in [0.2, 0.25) is 0 Å². The number of nitrogens with one attached hydrogen (secondary N) is 1. The van der Waals surface area contributed by atoms with Gasteiger partial charge in [0.25, 0.3) is 6.43 Å². The van der Waals surface area contributed by atoms with E-state index in [1.54, 1.807) is 9.80 Å². The van der Waals surface area contributed by atoms with E-state index >= 15 is 0 Å². The van der Waals surface area contributed by atoms with Crippen LogP contribution in [0.25, 0.3) is 11.4 Å². The third-order valence-electron chi connectivity index (χ3n) is 12.1. The molecule has 5 saturated heterocycles. The maximum absolute atomic E-state index is 14.0. The number of carbonyl (C=O) groups is 4. The maximum atomic E-state index is 14.0. The van der Waals surface area contributed by atoms with Gasteiger partial charge in [0.2, 0.25) is 35.6 Å². The number of anilines is 5. The molecule has 0 bridgehead atoms. The molecule has 326 valence electrons. The normalized spacial score (nSPS) is 19.8. The van der Waals surface area contributed by atoms with E-state index in [4.69, 9.17) is 15.5 Å². The quantitative estimate of drug-likeness (QED) is 0.282. The van der Waals surface area contributed by atoms with Crippen LogP contribution in [0.4, 0.5) is 42.8 Å². The largest absolute Gasteiger partial charge is 0.378 e. The lowest BCUT2D eigenvalue weighted by molar-refractivity contribution is -0.138. The zero-order valence-electron chi connectivity index (χ0n) is 34.1. The Morgan fingerprint density at radius 2 is 1.33 bits per heavy atom. The molecule has 2 aromatic heterocycles. The van der Waals surface area contributed by atoms with Crippen LogP contribution in [-0.2, 0) is 19.1 Å². The van der Waals surface area contributed by atoms with Crippen molar-refractivity contribution in [2.24, 2.45) is 5.92 Å². The summed E-state index contributed by atoms with van der Waals surface area (Å²) in [5, 5.41) is 2.37. The van der Waals surface area contributed by atoms with Crippen molar-refractivity contribution in [3.05, 3.63) is 36.2 Å². The van der Waals surface area contributed by atoms with E-state index in [2.05, 4.69) is 35.1 Å². The summed E-state index contributed by atoms with van der Waals surface area (Å²) in [6.07, 6.45) is 0.721. The molecule has 21 heteroatoms. The second-order valence-electron chi connectivity index (χ2n) is 15.9. The number of carbonyl (C=O) groups excluding carboxylic acids is 4. The molecule has 7 heterocycles. The fraction of sp³-hybridized carbons (Fsp3) is 0.575. The maximum Gasteiger partial charge on any atom is 0.328 e. The van der Waals surface area contributed by atoms with E-state index in [9.17, 15) is 28.0 Å². The molecule has 0 spiro atoms. The fourth-order valence-corrected chi connectivity index (χ4v) is 8.53. The molecule has 0 unspecified atom stereocenters. The third kappa shape index (κ3) is 10.0. The number of imide groups is 1. The zero-order valence-corrected chi connectivity index (χ0v) is 34.1. The number of nitrogens with two attached hydrogens (primary N) is 1. The van der Waals surface area contributed by atoms with Crippen molar-refractivity contribution in [1.82, 2.24) is 44.9 Å². The van der Waals surface area contributed by atoms with Crippen molar-refractivity contribution in [2.45, 2.75) is 38.5 Å². The lowest BCUT2D eigenvalue weighted by atomic mass is 9.95. The number of rotatable bonds is 11. The standard InChI is InChI=1S/C40H52F2N14O5/c41-35(42)34-30(25-44-37(43)46-34)36-47-38(49-39(48-36)55-21-23-61-24-22-55)54-19-17-53(18-20-54)33(59)6-5-32(58)52-10-7-27(8-11-52)26-50-13-15-51(16-14-50)28-1-3-29(4-2-28)56-12-9-31(57)45-40(56)60/h1-4,25,27,35H,5-24,26H2,(H2,43,44,46)(H,45,57,60). The number of hydrogen-bond acceptors (Lipinski definition) is 15. The highest BCUT2D eigenvalue weighted by molar-refractivity contribution is 6.05. The molecule has 0 radical (unpaired) electrons. The number of urea groups is 1. The molecule has 61 heavy (non-hydrogen) atoms. The van der Waals surface area contributed by atoms with Gasteiger partial charge < -0.3 is 35.0 Å². The van der Waals surface area contributed by atoms with Gasteiger partial charge in [0.1, 0.15) is 5.69 Å². The zero-order chi connectivity index (χ0) is 42.5. The summed E-state index contributed by atoms with van der Waals surface area (Å²) in [6.45, 7) is 10.0. The Hall–Kier alpha value is -5.83. The van der Waals surface area contributed by atoms with Crippen molar-refractivity contribution >= 4 is 53.0 Å². The number of likely N-dealkylation sites (tertiary alicyclic amines) is 1. The second kappa shape index (κ2) is 18.8. The number of hydrogen-bond donors (Lipinski definition) is 2. The van der Waals surface area contributed by atoms with Crippen LogP contribution in [0.1, 0.15) is 44.2 Å². The smallest absolute Gasteiger partial charge is 0.328 e. The molecular weight excluding hydrogens is 795 g/mol. The Kier molecular flexibility index (Phi) is 12.9. The average Bonchev–Trinajstić information content (AvgIpc) is 3.29. The van der Waals surface area contributed by atoms with Gasteiger partial charge in [-0.2, -0.15) is 15.0 Å². The molecule has 5 amide bonds. The van der Waals surface area contributed by atoms with E-state index in [0.717, 1.165) is 56.9 Å². The minimum Gasteiger partial charge on any atom is -0.378 e. The Labute approximate surface area is 352 Å². The summed E-state index contributed by atoms with van der Waals surface area (Å²) in [6, 6.07) is 7.54. The molecule has 0 saturated carbocycles. The highest BCUT2D eigenvalue weighted by atomic mass is 19.3. The van der Waals surface area contributed by atoms with E-state index in [-0.39, 0.29) is 53.9 Å². The lowest BCUT2D eigenvalue weighted by Gasteiger charge is -2.39. The monoisotopic (exact) mass is 846 g/mol. The average molecular weight is 847 g/mol. The van der Waals surface area contributed by atoms with Gasteiger partial charge in [0.15, 0.2) is 5.82 Å². The number of morpholine rings is 1. The SMILES string of the molecule is Nc1ncc(-c2nc(N3CCOCC3)nc(N3CCN(C(=O)CCC(=O)N4CCC(CN5CCN(c6ccc(N7CCC(=O)NC7=O)cc6)CC5)CC4)CC3)n2)c(C(F)F)n1. The predicted molar refractivity (Wildman–Crippen MR) is 221 cm³/mol. The van der Waals surface area contributed by atoms with E-state index in [1.807, 2.05) is 39.0 Å². The molecule has 3 N–H and O–H groups in total. The number of piperazine rings is 2. The van der Waals surface area contributed by atoms with Gasteiger partial charge in [-0.05, 0) is 43.0 Å². The first-order chi connectivity index (χ1) is 29.6. The van der Waals surface area contributed by atoms with Crippen LogP contribution in [0.5, 0.6) is 0 Å². The third-order valence-corrected chi connectivity index (χ3v) is 12.1. The van der Waals surface area contributed by atoms with Crippen LogP contribution < -0.4 is 30.7 Å². The Balaban J connectivity index is 0.767. The second-order valence-corrected chi connectivity index (χ2v) is 15.9. The molecule has 1 aromatic carbocycles. The number of ether oxygens (including phenoxy) is 1. The van der Waals surface area contributed by atoms with Crippen molar-refractivity contribution in [3.8, 4) is 11.4 Å². The molecule has 19 nitrogen and oxygen atoms in total. The highest BCUT2D eigenvalue weighted by Gasteiger charge is 2.30. The van der Waals surface area contributed by atoms with Gasteiger partial charge in [-0.1, -0.05) is 0 Å². The van der Waals surface area contributed by atoms with Crippen LogP contribution in [0.15, 0.2) is 30.5 Å². The van der Waals surface area contributed by atoms with Crippen molar-refractivity contribution in [2.75, 3.05) is 130 Å². The topological polar surface area (TPSA) is 203 Å². The fourth-order valence-electron chi connectivity index (χ4n) is 8.53. The first-order valence-corrected chi connectivity index (χ1v) is 21.1. The van der Waals surface area contributed by atoms with Gasteiger partial charge in [0, 0.05) is 128 Å². The molecule has 5 fully saturated rings. The summed E-state index contributed by atoms with van der Waals surface area (Å²) in [4.78, 5) is 85.6. The molecule has 3 aromatic rings. The summed E-state index contributed by atoms with van der Waals surface area (Å²) < 4.78 is 33.5. The number of benzene rings is 1. The van der Waals surface area contributed by atoms with Gasteiger partial charge in [-0.15, -0.1) is 0 Å².